The highest BCUT2D eigenvalue weighted by Gasteiger charge is 2.39. The van der Waals surface area contributed by atoms with Crippen LogP contribution in [0.4, 0.5) is 0 Å². The SMILES string of the molecule is COc1cccc(-c2c3c(nc([C@]4(C)CCCO4)c2-c2nnn[nH]2)CCCCC3)c1. The van der Waals surface area contributed by atoms with Crippen LogP contribution < -0.4 is 4.74 Å². The quantitative estimate of drug-likeness (QED) is 0.654. The monoisotopic (exact) mass is 405 g/mol. The predicted octanol–water partition coefficient (Wildman–Crippen LogP) is 4.23. The Hall–Kier alpha value is -2.80. The van der Waals surface area contributed by atoms with Crippen LogP contribution in [0.1, 0.15) is 56.0 Å². The summed E-state index contributed by atoms with van der Waals surface area (Å²) >= 11 is 0. The van der Waals surface area contributed by atoms with Crippen molar-refractivity contribution in [2.45, 2.75) is 57.5 Å². The molecule has 1 saturated heterocycles. The maximum Gasteiger partial charge on any atom is 0.182 e. The first kappa shape index (κ1) is 19.2. The van der Waals surface area contributed by atoms with Crippen LogP contribution in [0.5, 0.6) is 5.75 Å². The van der Waals surface area contributed by atoms with Crippen LogP contribution in [0.15, 0.2) is 24.3 Å². The molecule has 1 aliphatic carbocycles. The molecule has 1 N–H and O–H groups in total. The highest BCUT2D eigenvalue weighted by molar-refractivity contribution is 5.86. The van der Waals surface area contributed by atoms with Crippen molar-refractivity contribution in [3.05, 3.63) is 41.2 Å². The molecular formula is C23H27N5O2. The molecule has 156 valence electrons. The van der Waals surface area contributed by atoms with Gasteiger partial charge in [0, 0.05) is 12.3 Å². The van der Waals surface area contributed by atoms with Crippen molar-refractivity contribution in [3.8, 4) is 28.3 Å². The van der Waals surface area contributed by atoms with Crippen molar-refractivity contribution in [2.24, 2.45) is 0 Å². The number of fused-ring (bicyclic) bond motifs is 1. The van der Waals surface area contributed by atoms with Crippen LogP contribution in [0.3, 0.4) is 0 Å². The van der Waals surface area contributed by atoms with Gasteiger partial charge in [-0.15, -0.1) is 5.10 Å². The molecule has 0 amide bonds. The van der Waals surface area contributed by atoms with Crippen molar-refractivity contribution in [3.63, 3.8) is 0 Å². The van der Waals surface area contributed by atoms with Gasteiger partial charge in [-0.3, -0.25) is 4.98 Å². The summed E-state index contributed by atoms with van der Waals surface area (Å²) in [7, 11) is 1.70. The van der Waals surface area contributed by atoms with Crippen molar-refractivity contribution < 1.29 is 9.47 Å². The number of aromatic amines is 1. The van der Waals surface area contributed by atoms with Gasteiger partial charge < -0.3 is 9.47 Å². The molecule has 3 aromatic rings. The second kappa shape index (κ2) is 7.80. The van der Waals surface area contributed by atoms with Crippen LogP contribution in [0.25, 0.3) is 22.5 Å². The third-order valence-corrected chi connectivity index (χ3v) is 6.38. The van der Waals surface area contributed by atoms with E-state index in [9.17, 15) is 0 Å². The molecule has 1 aliphatic heterocycles. The number of hydrogen-bond donors (Lipinski definition) is 1. The fourth-order valence-electron chi connectivity index (χ4n) is 4.86. The van der Waals surface area contributed by atoms with E-state index in [0.29, 0.717) is 5.82 Å². The molecular weight excluding hydrogens is 378 g/mol. The second-order valence-corrected chi connectivity index (χ2v) is 8.36. The molecule has 0 radical (unpaired) electrons. The first-order valence-electron chi connectivity index (χ1n) is 10.8. The highest BCUT2D eigenvalue weighted by atomic mass is 16.5. The Morgan fingerprint density at radius 2 is 2.00 bits per heavy atom. The lowest BCUT2D eigenvalue weighted by Gasteiger charge is -2.28. The minimum absolute atomic E-state index is 0.447. The summed E-state index contributed by atoms with van der Waals surface area (Å²) in [6.07, 6.45) is 7.50. The third-order valence-electron chi connectivity index (χ3n) is 6.38. The van der Waals surface area contributed by atoms with Crippen LogP contribution in [-0.2, 0) is 23.2 Å². The molecule has 3 heterocycles. The van der Waals surface area contributed by atoms with E-state index in [0.717, 1.165) is 73.3 Å². The number of pyridine rings is 1. The fraction of sp³-hybridized carbons (Fsp3) is 0.478. The molecule has 0 spiro atoms. The zero-order valence-electron chi connectivity index (χ0n) is 17.6. The Balaban J connectivity index is 1.86. The van der Waals surface area contributed by atoms with Gasteiger partial charge in [-0.05, 0) is 84.7 Å². The topological polar surface area (TPSA) is 85.8 Å². The number of nitrogens with one attached hydrogen (secondary N) is 1. The lowest BCUT2D eigenvalue weighted by molar-refractivity contribution is 0.0136. The van der Waals surface area contributed by atoms with Gasteiger partial charge in [0.15, 0.2) is 5.82 Å². The zero-order chi connectivity index (χ0) is 20.6. The first-order chi connectivity index (χ1) is 14.7. The van der Waals surface area contributed by atoms with E-state index in [1.807, 2.05) is 12.1 Å². The summed E-state index contributed by atoms with van der Waals surface area (Å²) in [4.78, 5) is 5.24. The van der Waals surface area contributed by atoms with Crippen molar-refractivity contribution in [2.75, 3.05) is 13.7 Å². The Morgan fingerprint density at radius 1 is 1.10 bits per heavy atom. The Bertz CT molecular complexity index is 1040. The Labute approximate surface area is 176 Å². The number of benzene rings is 1. The van der Waals surface area contributed by atoms with Crippen LogP contribution in [0, 0.1) is 0 Å². The van der Waals surface area contributed by atoms with Gasteiger partial charge in [-0.2, -0.15) is 0 Å². The highest BCUT2D eigenvalue weighted by Crippen LogP contribution is 2.46. The number of methoxy groups -OCH3 is 1. The molecule has 2 aliphatic rings. The molecule has 1 aromatic carbocycles. The smallest absolute Gasteiger partial charge is 0.182 e. The largest absolute Gasteiger partial charge is 0.497 e. The van der Waals surface area contributed by atoms with Gasteiger partial charge in [0.05, 0.1) is 18.4 Å². The predicted molar refractivity (Wildman–Crippen MR) is 113 cm³/mol. The molecule has 0 saturated carbocycles. The number of aromatic nitrogens is 5. The molecule has 1 fully saturated rings. The molecule has 0 unspecified atom stereocenters. The van der Waals surface area contributed by atoms with Crippen molar-refractivity contribution >= 4 is 0 Å². The number of hydrogen-bond acceptors (Lipinski definition) is 6. The van der Waals surface area contributed by atoms with Gasteiger partial charge >= 0.3 is 0 Å². The standard InChI is InChI=1S/C23H27N5O2/c1-23(12-7-13-30-23)21-20(22-25-27-28-26-22)19(15-8-6-9-16(14-15)29-2)17-10-4-3-5-11-18(17)24-21/h6,8-9,14H,3-5,7,10-13H2,1-2H3,(H,25,26,27,28)/t23-/m0/s1. The van der Waals surface area contributed by atoms with Gasteiger partial charge in [0.1, 0.15) is 11.4 Å². The van der Waals surface area contributed by atoms with Crippen LogP contribution in [0.2, 0.25) is 0 Å². The summed E-state index contributed by atoms with van der Waals surface area (Å²) < 4.78 is 11.8. The average molecular weight is 406 g/mol. The number of tetrazole rings is 1. The van der Waals surface area contributed by atoms with E-state index >= 15 is 0 Å². The van der Waals surface area contributed by atoms with Crippen molar-refractivity contribution in [1.82, 2.24) is 25.6 Å². The maximum atomic E-state index is 6.25. The third kappa shape index (κ3) is 3.27. The van der Waals surface area contributed by atoms with E-state index in [4.69, 9.17) is 14.5 Å². The minimum atomic E-state index is -0.447. The summed E-state index contributed by atoms with van der Waals surface area (Å²) in [6.45, 7) is 2.89. The summed E-state index contributed by atoms with van der Waals surface area (Å²) in [5.74, 6) is 1.47. The van der Waals surface area contributed by atoms with E-state index in [1.165, 1.54) is 17.7 Å². The zero-order valence-corrected chi connectivity index (χ0v) is 17.6. The number of nitrogens with zero attached hydrogens (tertiary/aromatic N) is 4. The molecule has 5 rings (SSSR count). The van der Waals surface area contributed by atoms with E-state index in [1.54, 1.807) is 7.11 Å². The van der Waals surface area contributed by atoms with Crippen molar-refractivity contribution in [1.29, 1.82) is 0 Å². The summed E-state index contributed by atoms with van der Waals surface area (Å²) in [5.41, 5.74) is 6.20. The van der Waals surface area contributed by atoms with Gasteiger partial charge in [0.2, 0.25) is 0 Å². The number of aryl methyl sites for hydroxylation is 1. The number of H-pyrrole nitrogens is 1. The summed E-state index contributed by atoms with van der Waals surface area (Å²) in [6, 6.07) is 8.24. The molecule has 7 nitrogen and oxygen atoms in total. The molecule has 1 atom stereocenters. The van der Waals surface area contributed by atoms with Gasteiger partial charge in [0.25, 0.3) is 0 Å². The van der Waals surface area contributed by atoms with E-state index in [2.05, 4.69) is 39.7 Å². The Morgan fingerprint density at radius 3 is 2.77 bits per heavy atom. The van der Waals surface area contributed by atoms with Crippen LogP contribution in [-0.4, -0.2) is 39.3 Å². The van der Waals surface area contributed by atoms with Gasteiger partial charge in [-0.25, -0.2) is 5.10 Å². The number of rotatable bonds is 4. The summed E-state index contributed by atoms with van der Waals surface area (Å²) in [5, 5.41) is 15.1. The molecule has 0 bridgehead atoms. The van der Waals surface area contributed by atoms with Gasteiger partial charge in [-0.1, -0.05) is 18.6 Å². The Kier molecular flexibility index (Phi) is 4.98. The average Bonchev–Trinajstić information content (AvgIpc) is 3.40. The molecule has 7 heteroatoms. The van der Waals surface area contributed by atoms with E-state index in [-0.39, 0.29) is 0 Å². The lowest BCUT2D eigenvalue weighted by Crippen LogP contribution is -2.25. The van der Waals surface area contributed by atoms with Crippen LogP contribution >= 0.6 is 0 Å². The second-order valence-electron chi connectivity index (χ2n) is 8.36. The minimum Gasteiger partial charge on any atom is -0.497 e. The maximum absolute atomic E-state index is 6.25. The first-order valence-corrected chi connectivity index (χ1v) is 10.8. The molecule has 2 aromatic heterocycles. The normalized spacial score (nSPS) is 21.3. The fourth-order valence-corrected chi connectivity index (χ4v) is 4.86. The molecule has 30 heavy (non-hydrogen) atoms. The van der Waals surface area contributed by atoms with E-state index < -0.39 is 5.60 Å². The lowest BCUT2D eigenvalue weighted by atomic mass is 9.84. The number of ether oxygens (including phenoxy) is 2.